The number of aliphatic hydroxyl groups is 2. The van der Waals surface area contributed by atoms with Crippen LogP contribution in [0.2, 0.25) is 0 Å². The van der Waals surface area contributed by atoms with Crippen LogP contribution in [-0.2, 0) is 4.79 Å². The van der Waals surface area contributed by atoms with E-state index in [0.29, 0.717) is 6.54 Å². The van der Waals surface area contributed by atoms with Crippen molar-refractivity contribution in [1.82, 2.24) is 4.90 Å². The highest BCUT2D eigenvalue weighted by Crippen LogP contribution is 2.31. The smallest absolute Gasteiger partial charge is 0.225 e. The van der Waals surface area contributed by atoms with Crippen LogP contribution in [0.25, 0.3) is 0 Å². The van der Waals surface area contributed by atoms with Gasteiger partial charge in [0, 0.05) is 19.7 Å². The Balaban J connectivity index is 1.86. The molecule has 0 aromatic rings. The van der Waals surface area contributed by atoms with Crippen molar-refractivity contribution in [1.29, 1.82) is 0 Å². The minimum atomic E-state index is -0.762. The van der Waals surface area contributed by atoms with Crippen molar-refractivity contribution in [3.8, 4) is 0 Å². The average Bonchev–Trinajstić information content (AvgIpc) is 2.39. The maximum atomic E-state index is 12.2. The van der Waals surface area contributed by atoms with Crippen LogP contribution >= 0.6 is 0 Å². The van der Waals surface area contributed by atoms with Gasteiger partial charge >= 0.3 is 0 Å². The highest BCUT2D eigenvalue weighted by atomic mass is 16.3. The van der Waals surface area contributed by atoms with Gasteiger partial charge in [-0.05, 0) is 31.6 Å². The van der Waals surface area contributed by atoms with Crippen LogP contribution in [0.5, 0.6) is 0 Å². The van der Waals surface area contributed by atoms with Gasteiger partial charge in [-0.25, -0.2) is 0 Å². The first-order valence-corrected chi connectivity index (χ1v) is 7.24. The number of carbonyl (C=O) groups is 1. The molecule has 4 heteroatoms. The summed E-state index contributed by atoms with van der Waals surface area (Å²) in [5.74, 6) is 0.293. The van der Waals surface area contributed by atoms with Gasteiger partial charge < -0.3 is 15.1 Å². The number of nitrogens with zero attached hydrogens (tertiary/aromatic N) is 1. The molecule has 0 bridgehead atoms. The first-order chi connectivity index (χ1) is 8.63. The molecule has 0 aromatic carbocycles. The molecule has 0 radical (unpaired) electrons. The molecular formula is C14H25NO3. The van der Waals surface area contributed by atoms with E-state index in [9.17, 15) is 15.0 Å². The zero-order valence-corrected chi connectivity index (χ0v) is 11.1. The number of hydrogen-bond acceptors (Lipinski definition) is 3. The molecule has 1 saturated carbocycles. The highest BCUT2D eigenvalue weighted by molar-refractivity contribution is 5.77. The number of rotatable bonds is 3. The minimum Gasteiger partial charge on any atom is -0.396 e. The van der Waals surface area contributed by atoms with E-state index < -0.39 is 5.60 Å². The summed E-state index contributed by atoms with van der Waals surface area (Å²) < 4.78 is 0. The SMILES string of the molecule is O=C(CC1(O)CCCCC1)N1CCCC(CO)C1. The van der Waals surface area contributed by atoms with Crippen LogP contribution in [-0.4, -0.2) is 46.3 Å². The fourth-order valence-electron chi connectivity index (χ4n) is 3.22. The van der Waals surface area contributed by atoms with E-state index in [1.807, 2.05) is 4.90 Å². The highest BCUT2D eigenvalue weighted by Gasteiger charge is 2.34. The van der Waals surface area contributed by atoms with Gasteiger partial charge in [-0.1, -0.05) is 19.3 Å². The molecule has 1 amide bonds. The Hall–Kier alpha value is -0.610. The Bertz CT molecular complexity index is 287. The lowest BCUT2D eigenvalue weighted by molar-refractivity contribution is -0.139. The second-order valence-electron chi connectivity index (χ2n) is 5.99. The number of carbonyl (C=O) groups excluding carboxylic acids is 1. The van der Waals surface area contributed by atoms with Crippen LogP contribution in [0.3, 0.4) is 0 Å². The lowest BCUT2D eigenvalue weighted by atomic mass is 9.82. The van der Waals surface area contributed by atoms with Crippen molar-refractivity contribution in [2.45, 2.75) is 57.0 Å². The molecule has 1 unspecified atom stereocenters. The largest absolute Gasteiger partial charge is 0.396 e. The fraction of sp³-hybridized carbons (Fsp3) is 0.929. The van der Waals surface area contributed by atoms with Gasteiger partial charge in [0.05, 0.1) is 12.0 Å². The number of amides is 1. The van der Waals surface area contributed by atoms with E-state index in [1.54, 1.807) is 0 Å². The van der Waals surface area contributed by atoms with Gasteiger partial charge in [-0.15, -0.1) is 0 Å². The molecule has 1 aliphatic heterocycles. The van der Waals surface area contributed by atoms with Crippen molar-refractivity contribution in [3.05, 3.63) is 0 Å². The van der Waals surface area contributed by atoms with E-state index in [0.717, 1.165) is 45.1 Å². The lowest BCUT2D eigenvalue weighted by Crippen LogP contribution is -2.45. The lowest BCUT2D eigenvalue weighted by Gasteiger charge is -2.36. The van der Waals surface area contributed by atoms with E-state index in [2.05, 4.69) is 0 Å². The predicted molar refractivity (Wildman–Crippen MR) is 69.0 cm³/mol. The first-order valence-electron chi connectivity index (χ1n) is 7.24. The molecule has 2 rings (SSSR count). The van der Waals surface area contributed by atoms with Crippen molar-refractivity contribution in [2.24, 2.45) is 5.92 Å². The third-order valence-electron chi connectivity index (χ3n) is 4.39. The van der Waals surface area contributed by atoms with Crippen LogP contribution in [0.1, 0.15) is 51.4 Å². The fourth-order valence-corrected chi connectivity index (χ4v) is 3.22. The summed E-state index contributed by atoms with van der Waals surface area (Å²) in [4.78, 5) is 14.0. The molecule has 1 saturated heterocycles. The van der Waals surface area contributed by atoms with Crippen molar-refractivity contribution in [2.75, 3.05) is 19.7 Å². The van der Waals surface area contributed by atoms with E-state index in [-0.39, 0.29) is 24.9 Å². The maximum Gasteiger partial charge on any atom is 0.225 e. The molecule has 0 aromatic heterocycles. The van der Waals surface area contributed by atoms with Crippen molar-refractivity contribution >= 4 is 5.91 Å². The molecular weight excluding hydrogens is 230 g/mol. The molecule has 4 nitrogen and oxygen atoms in total. The Morgan fingerprint density at radius 3 is 2.61 bits per heavy atom. The average molecular weight is 255 g/mol. The second kappa shape index (κ2) is 6.02. The Morgan fingerprint density at radius 2 is 1.94 bits per heavy atom. The number of hydrogen-bond donors (Lipinski definition) is 2. The second-order valence-corrected chi connectivity index (χ2v) is 5.99. The Morgan fingerprint density at radius 1 is 1.22 bits per heavy atom. The summed E-state index contributed by atoms with van der Waals surface area (Å²) in [6.45, 7) is 1.60. The Labute approximate surface area is 109 Å². The van der Waals surface area contributed by atoms with Crippen LogP contribution in [0, 0.1) is 5.92 Å². The monoisotopic (exact) mass is 255 g/mol. The van der Waals surface area contributed by atoms with Crippen LogP contribution < -0.4 is 0 Å². The summed E-state index contributed by atoms with van der Waals surface area (Å²) in [5, 5.41) is 19.6. The van der Waals surface area contributed by atoms with E-state index >= 15 is 0 Å². The van der Waals surface area contributed by atoms with E-state index in [4.69, 9.17) is 0 Å². The quantitative estimate of drug-likeness (QED) is 0.799. The maximum absolute atomic E-state index is 12.2. The van der Waals surface area contributed by atoms with Gasteiger partial charge in [0.1, 0.15) is 0 Å². The number of piperidine rings is 1. The molecule has 18 heavy (non-hydrogen) atoms. The molecule has 2 N–H and O–H groups in total. The molecule has 1 atom stereocenters. The van der Waals surface area contributed by atoms with Crippen LogP contribution in [0.15, 0.2) is 0 Å². The van der Waals surface area contributed by atoms with Gasteiger partial charge in [0.2, 0.25) is 5.91 Å². The Kier molecular flexibility index (Phi) is 4.62. The van der Waals surface area contributed by atoms with Crippen LogP contribution in [0.4, 0.5) is 0 Å². The number of likely N-dealkylation sites (tertiary alicyclic amines) is 1. The van der Waals surface area contributed by atoms with Gasteiger partial charge in [0.25, 0.3) is 0 Å². The molecule has 1 heterocycles. The summed E-state index contributed by atoms with van der Waals surface area (Å²) >= 11 is 0. The first kappa shape index (κ1) is 13.8. The molecule has 2 aliphatic rings. The topological polar surface area (TPSA) is 60.8 Å². The molecule has 104 valence electrons. The van der Waals surface area contributed by atoms with Gasteiger partial charge in [-0.2, -0.15) is 0 Å². The minimum absolute atomic E-state index is 0.0672. The van der Waals surface area contributed by atoms with Crippen molar-refractivity contribution < 1.29 is 15.0 Å². The molecule has 0 spiro atoms. The third kappa shape index (κ3) is 3.45. The van der Waals surface area contributed by atoms with Crippen molar-refractivity contribution in [3.63, 3.8) is 0 Å². The normalized spacial score (nSPS) is 28.1. The standard InChI is InChI=1S/C14H25NO3/c16-11-12-5-4-8-15(10-12)13(17)9-14(18)6-2-1-3-7-14/h12,16,18H,1-11H2. The zero-order valence-electron chi connectivity index (χ0n) is 11.1. The van der Waals surface area contributed by atoms with Gasteiger partial charge in [0.15, 0.2) is 0 Å². The third-order valence-corrected chi connectivity index (χ3v) is 4.39. The van der Waals surface area contributed by atoms with Gasteiger partial charge in [-0.3, -0.25) is 4.79 Å². The molecule has 2 fully saturated rings. The number of aliphatic hydroxyl groups excluding tert-OH is 1. The molecule has 1 aliphatic carbocycles. The summed E-state index contributed by atoms with van der Waals surface area (Å²) in [7, 11) is 0. The summed E-state index contributed by atoms with van der Waals surface area (Å²) in [5.41, 5.74) is -0.762. The van der Waals surface area contributed by atoms with E-state index in [1.165, 1.54) is 6.42 Å². The zero-order chi connectivity index (χ0) is 13.0. The summed E-state index contributed by atoms with van der Waals surface area (Å²) in [6, 6.07) is 0. The summed E-state index contributed by atoms with van der Waals surface area (Å²) in [6.07, 6.45) is 7.00. The predicted octanol–water partition coefficient (Wildman–Crippen LogP) is 1.30.